The van der Waals surface area contributed by atoms with Crippen molar-refractivity contribution in [3.05, 3.63) is 107 Å². The molecule has 1 aliphatic rings. The molecule has 5 rings (SSSR count). The lowest BCUT2D eigenvalue weighted by Gasteiger charge is -2.09. The zero-order chi connectivity index (χ0) is 22.1. The van der Waals surface area contributed by atoms with E-state index in [1.54, 1.807) is 17.8 Å². The van der Waals surface area contributed by atoms with Crippen LogP contribution >= 0.6 is 11.8 Å². The second-order valence-corrected chi connectivity index (χ2v) is 8.66. The van der Waals surface area contributed by atoms with Crippen LogP contribution in [0.5, 0.6) is 0 Å². The summed E-state index contributed by atoms with van der Waals surface area (Å²) in [5.74, 6) is -0.121. The van der Waals surface area contributed by atoms with Crippen LogP contribution in [0, 0.1) is 13.8 Å². The van der Waals surface area contributed by atoms with Crippen LogP contribution < -0.4 is 0 Å². The van der Waals surface area contributed by atoms with Gasteiger partial charge in [0, 0.05) is 21.4 Å². The Morgan fingerprint density at radius 1 is 0.875 bits per heavy atom. The Balaban J connectivity index is 1.62. The lowest BCUT2D eigenvalue weighted by Crippen LogP contribution is -2.06. The smallest absolute Gasteiger partial charge is 0.363 e. The molecule has 0 saturated carbocycles. The van der Waals surface area contributed by atoms with Gasteiger partial charge >= 0.3 is 5.97 Å². The molecule has 0 bridgehead atoms. The first-order valence-corrected chi connectivity index (χ1v) is 11.1. The fourth-order valence-corrected chi connectivity index (χ4v) is 4.51. The molecule has 0 radical (unpaired) electrons. The molecule has 2 heterocycles. The van der Waals surface area contributed by atoms with E-state index in [9.17, 15) is 4.79 Å². The van der Waals surface area contributed by atoms with Crippen molar-refractivity contribution >= 4 is 40.6 Å². The second kappa shape index (κ2) is 8.44. The zero-order valence-corrected chi connectivity index (χ0v) is 18.5. The Kier molecular flexibility index (Phi) is 5.33. The van der Waals surface area contributed by atoms with Crippen molar-refractivity contribution in [2.24, 2.45) is 4.99 Å². The number of carbonyl (C=O) groups excluding carboxylic acids is 1. The molecule has 0 N–H and O–H groups in total. The molecule has 0 amide bonds. The third-order valence-corrected chi connectivity index (χ3v) is 6.31. The number of rotatable bonds is 4. The number of nitrogens with zero attached hydrogens (tertiary/aromatic N) is 2. The zero-order valence-electron chi connectivity index (χ0n) is 17.7. The molecular weight excluding hydrogens is 416 g/mol. The van der Waals surface area contributed by atoms with Gasteiger partial charge in [-0.3, -0.25) is 0 Å². The lowest BCUT2D eigenvalue weighted by molar-refractivity contribution is -0.129. The number of cyclic esters (lactones) is 1. The van der Waals surface area contributed by atoms with E-state index in [0.717, 1.165) is 43.1 Å². The fraction of sp³-hybridized carbons (Fsp3) is 0.0741. The van der Waals surface area contributed by atoms with Gasteiger partial charge in [0.2, 0.25) is 5.90 Å². The van der Waals surface area contributed by atoms with Crippen molar-refractivity contribution in [3.8, 4) is 0 Å². The molecule has 32 heavy (non-hydrogen) atoms. The molecule has 0 aliphatic carbocycles. The first-order valence-electron chi connectivity index (χ1n) is 10.3. The molecule has 0 unspecified atom stereocenters. The summed E-state index contributed by atoms with van der Waals surface area (Å²) < 4.78 is 5.49. The molecule has 1 aliphatic heterocycles. The van der Waals surface area contributed by atoms with Gasteiger partial charge in [-0.2, -0.15) is 0 Å². The number of benzene rings is 3. The molecule has 156 valence electrons. The molecule has 3 aromatic carbocycles. The number of carbonyl (C=O) groups is 1. The second-order valence-electron chi connectivity index (χ2n) is 7.60. The number of pyridine rings is 1. The van der Waals surface area contributed by atoms with Crippen molar-refractivity contribution in [1.29, 1.82) is 0 Å². The van der Waals surface area contributed by atoms with Crippen LogP contribution in [0.15, 0.2) is 99.5 Å². The highest BCUT2D eigenvalue weighted by Gasteiger charge is 2.25. The van der Waals surface area contributed by atoms with E-state index in [4.69, 9.17) is 9.72 Å². The number of fused-ring (bicyclic) bond motifs is 1. The minimum absolute atomic E-state index is 0.270. The van der Waals surface area contributed by atoms with Crippen LogP contribution in [0.3, 0.4) is 0 Å². The predicted octanol–water partition coefficient (Wildman–Crippen LogP) is 6.35. The Hall–Kier alpha value is -3.70. The Morgan fingerprint density at radius 2 is 1.62 bits per heavy atom. The summed E-state index contributed by atoms with van der Waals surface area (Å²) in [5, 5.41) is 1.83. The number of esters is 1. The highest BCUT2D eigenvalue weighted by atomic mass is 32.2. The summed E-state index contributed by atoms with van der Waals surface area (Å²) in [7, 11) is 0. The SMILES string of the molecule is Cc1ccccc1C1=N/C(=C/c2cc3cccc(C)c3nc2Sc2ccccc2)C(=O)O1. The van der Waals surface area contributed by atoms with Crippen LogP contribution in [-0.4, -0.2) is 16.9 Å². The number of para-hydroxylation sites is 1. The first kappa shape index (κ1) is 20.2. The normalized spacial score (nSPS) is 14.6. The number of aryl methyl sites for hydroxylation is 2. The van der Waals surface area contributed by atoms with Crippen molar-refractivity contribution in [2.75, 3.05) is 0 Å². The Morgan fingerprint density at radius 3 is 2.44 bits per heavy atom. The van der Waals surface area contributed by atoms with Gasteiger partial charge < -0.3 is 4.74 Å². The van der Waals surface area contributed by atoms with Crippen LogP contribution in [0.1, 0.15) is 22.3 Å². The molecule has 5 heteroatoms. The summed E-state index contributed by atoms with van der Waals surface area (Å²) in [6, 6.07) is 26.0. The molecule has 0 atom stereocenters. The largest absolute Gasteiger partial charge is 0.402 e. The lowest BCUT2D eigenvalue weighted by atomic mass is 10.1. The van der Waals surface area contributed by atoms with Gasteiger partial charge in [0.15, 0.2) is 5.70 Å². The molecule has 0 fully saturated rings. The standard InChI is InChI=1S/C27H20N2O2S/c1-17-9-6-7-14-22(17)25-28-23(27(30)31-25)16-20-15-19-11-8-10-18(2)24(19)29-26(20)32-21-12-4-3-5-13-21/h3-16H,1-2H3/b23-16+. The van der Waals surface area contributed by atoms with E-state index in [1.165, 1.54) is 0 Å². The molecule has 4 aromatic rings. The maximum atomic E-state index is 12.6. The summed E-state index contributed by atoms with van der Waals surface area (Å²) >= 11 is 1.57. The number of aliphatic imine (C=N–C) groups is 1. The van der Waals surface area contributed by atoms with Gasteiger partial charge in [-0.15, -0.1) is 0 Å². The minimum atomic E-state index is -0.455. The topological polar surface area (TPSA) is 51.5 Å². The third-order valence-electron chi connectivity index (χ3n) is 5.29. The van der Waals surface area contributed by atoms with Crippen LogP contribution in [0.4, 0.5) is 0 Å². The van der Waals surface area contributed by atoms with E-state index in [-0.39, 0.29) is 5.70 Å². The van der Waals surface area contributed by atoms with E-state index in [0.29, 0.717) is 5.90 Å². The van der Waals surface area contributed by atoms with Crippen molar-refractivity contribution in [1.82, 2.24) is 4.98 Å². The van der Waals surface area contributed by atoms with Gasteiger partial charge in [0.25, 0.3) is 0 Å². The maximum absolute atomic E-state index is 12.6. The minimum Gasteiger partial charge on any atom is -0.402 e. The average molecular weight is 437 g/mol. The van der Waals surface area contributed by atoms with E-state index < -0.39 is 5.97 Å². The number of aromatic nitrogens is 1. The van der Waals surface area contributed by atoms with Crippen molar-refractivity contribution in [3.63, 3.8) is 0 Å². The summed E-state index contributed by atoms with van der Waals surface area (Å²) in [6.07, 6.45) is 1.77. The Labute approximate surface area is 190 Å². The highest BCUT2D eigenvalue weighted by molar-refractivity contribution is 7.99. The molecule has 0 saturated heterocycles. The van der Waals surface area contributed by atoms with E-state index in [1.807, 2.05) is 73.7 Å². The quantitative estimate of drug-likeness (QED) is 0.276. The van der Waals surface area contributed by atoms with Crippen molar-refractivity contribution < 1.29 is 9.53 Å². The van der Waals surface area contributed by atoms with Gasteiger partial charge in [-0.05, 0) is 55.3 Å². The Bertz CT molecular complexity index is 1410. The number of ether oxygens (including phenoxy) is 1. The molecule has 0 spiro atoms. The van der Waals surface area contributed by atoms with Gasteiger partial charge in [0.1, 0.15) is 5.03 Å². The van der Waals surface area contributed by atoms with Crippen LogP contribution in [0.2, 0.25) is 0 Å². The van der Waals surface area contributed by atoms with Crippen LogP contribution in [-0.2, 0) is 9.53 Å². The maximum Gasteiger partial charge on any atom is 0.363 e. The number of hydrogen-bond acceptors (Lipinski definition) is 5. The third kappa shape index (κ3) is 3.95. The molecule has 4 nitrogen and oxygen atoms in total. The highest BCUT2D eigenvalue weighted by Crippen LogP contribution is 2.33. The summed E-state index contributed by atoms with van der Waals surface area (Å²) in [6.45, 7) is 4.02. The monoisotopic (exact) mass is 436 g/mol. The summed E-state index contributed by atoms with van der Waals surface area (Å²) in [5.41, 5.74) is 4.98. The fourth-order valence-electron chi connectivity index (χ4n) is 3.62. The van der Waals surface area contributed by atoms with Gasteiger partial charge in [-0.25, -0.2) is 14.8 Å². The van der Waals surface area contributed by atoms with Gasteiger partial charge in [0.05, 0.1) is 5.52 Å². The number of hydrogen-bond donors (Lipinski definition) is 0. The predicted molar refractivity (Wildman–Crippen MR) is 129 cm³/mol. The van der Waals surface area contributed by atoms with Crippen molar-refractivity contribution in [2.45, 2.75) is 23.8 Å². The molecular formula is C27H20N2O2S. The summed E-state index contributed by atoms with van der Waals surface area (Å²) in [4.78, 5) is 23.2. The van der Waals surface area contributed by atoms with Crippen LogP contribution in [0.25, 0.3) is 17.0 Å². The van der Waals surface area contributed by atoms with E-state index in [2.05, 4.69) is 24.0 Å². The van der Waals surface area contributed by atoms with Gasteiger partial charge in [-0.1, -0.05) is 66.4 Å². The first-order chi connectivity index (χ1) is 15.6. The van der Waals surface area contributed by atoms with E-state index >= 15 is 0 Å². The molecule has 1 aromatic heterocycles. The average Bonchev–Trinajstić information content (AvgIpc) is 3.15.